The fraction of sp³-hybridized carbons (Fsp3) is 0.235. The lowest BCUT2D eigenvalue weighted by Gasteiger charge is -2.08. The summed E-state index contributed by atoms with van der Waals surface area (Å²) in [5.41, 5.74) is 2.57. The highest BCUT2D eigenvalue weighted by atomic mass is 16.6. The smallest absolute Gasteiger partial charge is 0.412 e. The van der Waals surface area contributed by atoms with Gasteiger partial charge in [0.1, 0.15) is 5.75 Å². The maximum atomic E-state index is 11.8. The average Bonchev–Trinajstić information content (AvgIpc) is 2.96. The van der Waals surface area contributed by atoms with Gasteiger partial charge in [-0.1, -0.05) is 12.1 Å². The van der Waals surface area contributed by atoms with Gasteiger partial charge in [-0.15, -0.1) is 0 Å². The van der Waals surface area contributed by atoms with E-state index in [0.717, 1.165) is 11.3 Å². The van der Waals surface area contributed by atoms with Crippen molar-refractivity contribution in [1.29, 1.82) is 0 Å². The lowest BCUT2D eigenvalue weighted by Crippen LogP contribution is -2.32. The summed E-state index contributed by atoms with van der Waals surface area (Å²) in [5.74, 6) is 1.07. The van der Waals surface area contributed by atoms with Crippen molar-refractivity contribution in [2.75, 3.05) is 7.11 Å². The normalized spacial score (nSPS) is 10.8. The van der Waals surface area contributed by atoms with Gasteiger partial charge in [0.05, 0.1) is 19.0 Å². The molecule has 0 unspecified atom stereocenters. The predicted octanol–water partition coefficient (Wildman–Crippen LogP) is 3.13. The minimum atomic E-state index is -0.528. The summed E-state index contributed by atoms with van der Waals surface area (Å²) in [4.78, 5) is 23.6. The van der Waals surface area contributed by atoms with E-state index in [4.69, 9.17) is 9.47 Å². The number of aromatic nitrogens is 3. The summed E-state index contributed by atoms with van der Waals surface area (Å²) >= 11 is 0. The van der Waals surface area contributed by atoms with Crippen LogP contribution >= 0.6 is 0 Å². The van der Waals surface area contributed by atoms with Crippen LogP contribution in [0.1, 0.15) is 13.8 Å². The summed E-state index contributed by atoms with van der Waals surface area (Å²) in [6.45, 7) is 3.72. The number of carbonyl (C=O) groups is 1. The maximum Gasteiger partial charge on any atom is 0.412 e. The van der Waals surface area contributed by atoms with Crippen LogP contribution in [-0.4, -0.2) is 34.2 Å². The molecule has 0 saturated heterocycles. The van der Waals surface area contributed by atoms with Gasteiger partial charge in [0.15, 0.2) is 16.9 Å². The van der Waals surface area contributed by atoms with Crippen molar-refractivity contribution >= 4 is 17.3 Å². The van der Waals surface area contributed by atoms with Crippen molar-refractivity contribution in [3.05, 3.63) is 36.7 Å². The van der Waals surface area contributed by atoms with E-state index in [1.807, 2.05) is 38.1 Å². The molecule has 0 bridgehead atoms. The SMILES string of the molecule is COc1cccc(-c2cnc3[nH]cc(OC(=O)NC(C)C)c3n2)c1. The first-order valence-electron chi connectivity index (χ1n) is 7.53. The fourth-order valence-electron chi connectivity index (χ4n) is 2.23. The van der Waals surface area contributed by atoms with E-state index in [0.29, 0.717) is 22.6 Å². The number of nitrogens with zero attached hydrogens (tertiary/aromatic N) is 2. The molecule has 3 rings (SSSR count). The highest BCUT2D eigenvalue weighted by Gasteiger charge is 2.14. The van der Waals surface area contributed by atoms with E-state index in [2.05, 4.69) is 20.3 Å². The molecular formula is C17H18N4O3. The molecule has 2 heterocycles. The first-order chi connectivity index (χ1) is 11.6. The lowest BCUT2D eigenvalue weighted by molar-refractivity contribution is 0.198. The van der Waals surface area contributed by atoms with Gasteiger partial charge in [0.2, 0.25) is 0 Å². The Balaban J connectivity index is 1.95. The number of amides is 1. The van der Waals surface area contributed by atoms with Crippen LogP contribution in [-0.2, 0) is 0 Å². The van der Waals surface area contributed by atoms with E-state index >= 15 is 0 Å². The minimum absolute atomic E-state index is 0.0128. The number of benzene rings is 1. The summed E-state index contributed by atoms with van der Waals surface area (Å²) in [6.07, 6.45) is 2.70. The lowest BCUT2D eigenvalue weighted by atomic mass is 10.1. The van der Waals surface area contributed by atoms with Crippen LogP contribution in [0, 0.1) is 0 Å². The summed E-state index contributed by atoms with van der Waals surface area (Å²) in [5, 5.41) is 2.67. The van der Waals surface area contributed by atoms with Crippen molar-refractivity contribution in [3.8, 4) is 22.8 Å². The molecule has 0 fully saturated rings. The van der Waals surface area contributed by atoms with E-state index in [-0.39, 0.29) is 6.04 Å². The fourth-order valence-corrected chi connectivity index (χ4v) is 2.23. The molecule has 0 atom stereocenters. The number of nitrogens with one attached hydrogen (secondary N) is 2. The molecule has 124 valence electrons. The summed E-state index contributed by atoms with van der Waals surface area (Å²) in [6, 6.07) is 7.51. The van der Waals surface area contributed by atoms with E-state index in [1.165, 1.54) is 0 Å². The van der Waals surface area contributed by atoms with Crippen molar-refractivity contribution < 1.29 is 14.3 Å². The first kappa shape index (κ1) is 15.8. The topological polar surface area (TPSA) is 89.1 Å². The molecule has 0 aliphatic rings. The van der Waals surface area contributed by atoms with Gasteiger partial charge >= 0.3 is 6.09 Å². The van der Waals surface area contributed by atoms with Crippen LogP contribution in [0.25, 0.3) is 22.4 Å². The Kier molecular flexibility index (Phi) is 4.33. The Bertz CT molecular complexity index is 873. The molecule has 0 aliphatic heterocycles. The van der Waals surface area contributed by atoms with E-state index < -0.39 is 6.09 Å². The zero-order valence-corrected chi connectivity index (χ0v) is 13.7. The third-order valence-electron chi connectivity index (χ3n) is 3.32. The zero-order valence-electron chi connectivity index (χ0n) is 13.7. The van der Waals surface area contributed by atoms with Crippen LogP contribution in [0.2, 0.25) is 0 Å². The Morgan fingerprint density at radius 2 is 2.17 bits per heavy atom. The van der Waals surface area contributed by atoms with E-state index in [9.17, 15) is 4.79 Å². The van der Waals surface area contributed by atoms with Gasteiger partial charge in [-0.05, 0) is 26.0 Å². The van der Waals surface area contributed by atoms with Gasteiger partial charge in [-0.25, -0.2) is 14.8 Å². The number of carbonyl (C=O) groups excluding carboxylic acids is 1. The molecule has 1 amide bonds. The number of fused-ring (bicyclic) bond motifs is 1. The van der Waals surface area contributed by atoms with Gasteiger partial charge < -0.3 is 19.8 Å². The molecule has 0 aliphatic carbocycles. The number of ether oxygens (including phenoxy) is 2. The number of H-pyrrole nitrogens is 1. The second kappa shape index (κ2) is 6.57. The first-order valence-corrected chi connectivity index (χ1v) is 7.53. The molecule has 1 aromatic carbocycles. The van der Waals surface area contributed by atoms with Crippen LogP contribution in [0.3, 0.4) is 0 Å². The summed E-state index contributed by atoms with van der Waals surface area (Å²) < 4.78 is 10.5. The van der Waals surface area contributed by atoms with Gasteiger partial charge in [0.25, 0.3) is 0 Å². The number of methoxy groups -OCH3 is 1. The Labute approximate surface area is 139 Å². The number of rotatable bonds is 4. The summed E-state index contributed by atoms with van der Waals surface area (Å²) in [7, 11) is 1.61. The molecule has 3 aromatic rings. The maximum absolute atomic E-state index is 11.8. The van der Waals surface area contributed by atoms with Crippen LogP contribution in [0.4, 0.5) is 4.79 Å². The molecule has 0 saturated carbocycles. The van der Waals surface area contributed by atoms with Gasteiger partial charge in [0, 0.05) is 17.8 Å². The number of aromatic amines is 1. The third-order valence-corrected chi connectivity index (χ3v) is 3.32. The number of hydrogen-bond acceptors (Lipinski definition) is 5. The predicted molar refractivity (Wildman–Crippen MR) is 90.2 cm³/mol. The Morgan fingerprint density at radius 1 is 1.33 bits per heavy atom. The highest BCUT2D eigenvalue weighted by Crippen LogP contribution is 2.27. The van der Waals surface area contributed by atoms with Crippen LogP contribution in [0.15, 0.2) is 36.7 Å². The van der Waals surface area contributed by atoms with Crippen molar-refractivity contribution in [1.82, 2.24) is 20.3 Å². The Morgan fingerprint density at radius 3 is 2.92 bits per heavy atom. The standard InChI is InChI=1S/C17H18N4O3/c1-10(2)20-17(22)24-14-9-19-16-15(14)21-13(8-18-16)11-5-4-6-12(7-11)23-3/h4-10H,1-3H3,(H,18,19)(H,20,22). The molecule has 2 aromatic heterocycles. The van der Waals surface area contributed by atoms with Crippen molar-refractivity contribution in [2.24, 2.45) is 0 Å². The molecule has 7 nitrogen and oxygen atoms in total. The number of hydrogen-bond donors (Lipinski definition) is 2. The van der Waals surface area contributed by atoms with Crippen molar-refractivity contribution in [2.45, 2.75) is 19.9 Å². The molecule has 7 heteroatoms. The molecule has 0 spiro atoms. The Hall–Kier alpha value is -3.09. The average molecular weight is 326 g/mol. The van der Waals surface area contributed by atoms with Gasteiger partial charge in [-0.3, -0.25) is 0 Å². The van der Waals surface area contributed by atoms with Gasteiger partial charge in [-0.2, -0.15) is 0 Å². The van der Waals surface area contributed by atoms with Crippen molar-refractivity contribution in [3.63, 3.8) is 0 Å². The minimum Gasteiger partial charge on any atom is -0.497 e. The second-order valence-corrected chi connectivity index (χ2v) is 5.53. The van der Waals surface area contributed by atoms with Crippen LogP contribution < -0.4 is 14.8 Å². The quantitative estimate of drug-likeness (QED) is 0.769. The molecule has 2 N–H and O–H groups in total. The largest absolute Gasteiger partial charge is 0.497 e. The molecule has 24 heavy (non-hydrogen) atoms. The monoisotopic (exact) mass is 326 g/mol. The zero-order chi connectivity index (χ0) is 17.1. The van der Waals surface area contributed by atoms with Crippen LogP contribution in [0.5, 0.6) is 11.5 Å². The third kappa shape index (κ3) is 3.29. The highest BCUT2D eigenvalue weighted by molar-refractivity contribution is 5.84. The molecular weight excluding hydrogens is 308 g/mol. The molecule has 0 radical (unpaired) electrons. The second-order valence-electron chi connectivity index (χ2n) is 5.53. The van der Waals surface area contributed by atoms with E-state index in [1.54, 1.807) is 19.5 Å².